The average Bonchev–Trinajstić information content (AvgIpc) is 3.07. The fourth-order valence-electron chi connectivity index (χ4n) is 5.26. The first kappa shape index (κ1) is 20.2. The molecule has 5 heteroatoms. The zero-order valence-electron chi connectivity index (χ0n) is 17.8. The van der Waals surface area contributed by atoms with Gasteiger partial charge in [0.05, 0.1) is 24.5 Å². The second-order valence-corrected chi connectivity index (χ2v) is 8.78. The Labute approximate surface area is 183 Å². The summed E-state index contributed by atoms with van der Waals surface area (Å²) in [5.74, 6) is -0.236. The van der Waals surface area contributed by atoms with Gasteiger partial charge in [0.15, 0.2) is 0 Å². The molecule has 2 aromatic carbocycles. The highest BCUT2D eigenvalue weighted by molar-refractivity contribution is 6.05. The Morgan fingerprint density at radius 2 is 1.19 bits per heavy atom. The van der Waals surface area contributed by atoms with E-state index < -0.39 is 0 Å². The lowest BCUT2D eigenvalue weighted by Gasteiger charge is -2.40. The third-order valence-corrected chi connectivity index (χ3v) is 6.94. The fraction of sp³-hybridized carbons (Fsp3) is 0.385. The number of benzene rings is 2. The molecule has 2 atom stereocenters. The fourth-order valence-corrected chi connectivity index (χ4v) is 5.26. The van der Waals surface area contributed by atoms with E-state index in [-0.39, 0.29) is 29.7 Å². The van der Waals surface area contributed by atoms with Crippen LogP contribution in [0.5, 0.6) is 0 Å². The molecule has 2 saturated heterocycles. The van der Waals surface area contributed by atoms with Gasteiger partial charge in [-0.05, 0) is 24.0 Å². The van der Waals surface area contributed by atoms with Crippen molar-refractivity contribution in [1.82, 2.24) is 14.7 Å². The Bertz CT molecular complexity index is 886. The lowest BCUT2D eigenvalue weighted by Crippen LogP contribution is -2.52. The van der Waals surface area contributed by atoms with Crippen LogP contribution in [0.2, 0.25) is 0 Å². The average molecular weight is 416 g/mol. The van der Waals surface area contributed by atoms with Crippen molar-refractivity contribution in [3.8, 4) is 0 Å². The van der Waals surface area contributed by atoms with Crippen molar-refractivity contribution in [2.24, 2.45) is 11.8 Å². The number of hydrogen-bond acceptors (Lipinski definition) is 4. The molecular formula is C26H29N3O2. The lowest BCUT2D eigenvalue weighted by atomic mass is 9.85. The van der Waals surface area contributed by atoms with Gasteiger partial charge in [-0.15, -0.1) is 0 Å². The van der Waals surface area contributed by atoms with Crippen LogP contribution < -0.4 is 0 Å². The maximum atomic E-state index is 12.8. The normalized spacial score (nSPS) is 24.7. The topological polar surface area (TPSA) is 43.9 Å². The van der Waals surface area contributed by atoms with Gasteiger partial charge < -0.3 is 0 Å². The number of carbonyl (C=O) groups is 2. The Kier molecular flexibility index (Phi) is 5.70. The van der Waals surface area contributed by atoms with Gasteiger partial charge in [0.25, 0.3) is 0 Å². The number of hydrogen-bond donors (Lipinski definition) is 0. The van der Waals surface area contributed by atoms with Gasteiger partial charge in [-0.2, -0.15) is 0 Å². The maximum Gasteiger partial charge on any atom is 0.234 e. The van der Waals surface area contributed by atoms with E-state index in [4.69, 9.17) is 0 Å². The molecule has 3 aliphatic rings. The molecule has 2 aromatic rings. The number of rotatable bonds is 5. The second-order valence-electron chi connectivity index (χ2n) is 8.78. The van der Waals surface area contributed by atoms with Crippen LogP contribution in [0.15, 0.2) is 72.8 Å². The van der Waals surface area contributed by atoms with Crippen molar-refractivity contribution in [3.63, 3.8) is 0 Å². The van der Waals surface area contributed by atoms with Crippen LogP contribution in [-0.2, 0) is 9.59 Å². The Balaban J connectivity index is 1.26. The summed E-state index contributed by atoms with van der Waals surface area (Å²) in [6.07, 6.45) is 5.49. The van der Waals surface area contributed by atoms with Gasteiger partial charge in [0, 0.05) is 26.2 Å². The highest BCUT2D eigenvalue weighted by Crippen LogP contribution is 2.35. The van der Waals surface area contributed by atoms with E-state index in [9.17, 15) is 9.59 Å². The van der Waals surface area contributed by atoms with Crippen molar-refractivity contribution in [2.45, 2.75) is 18.9 Å². The number of nitrogens with zero attached hydrogens (tertiary/aromatic N) is 3. The van der Waals surface area contributed by atoms with Crippen molar-refractivity contribution in [3.05, 3.63) is 83.9 Å². The predicted molar refractivity (Wildman–Crippen MR) is 120 cm³/mol. The van der Waals surface area contributed by atoms with Gasteiger partial charge in [0.1, 0.15) is 0 Å². The standard InChI is InChI=1S/C26H29N3O2/c30-25-22-13-7-8-14-23(22)26(31)29(25)19-27-15-17-28(18-16-27)24(20-9-3-1-4-10-20)21-11-5-2-6-12-21/h1-12,22-24H,13-19H2/t22-,23-/m1/s1. The van der Waals surface area contributed by atoms with E-state index in [1.54, 1.807) is 0 Å². The molecule has 2 aliphatic heterocycles. The maximum absolute atomic E-state index is 12.8. The lowest BCUT2D eigenvalue weighted by molar-refractivity contribution is -0.142. The van der Waals surface area contributed by atoms with E-state index in [2.05, 4.69) is 70.5 Å². The van der Waals surface area contributed by atoms with Crippen molar-refractivity contribution in [2.75, 3.05) is 32.8 Å². The molecule has 0 radical (unpaired) electrons. The smallest absolute Gasteiger partial charge is 0.234 e. The third kappa shape index (κ3) is 3.95. The number of carbonyl (C=O) groups excluding carboxylic acids is 2. The summed E-state index contributed by atoms with van der Waals surface area (Å²) in [4.78, 5) is 31.9. The minimum atomic E-state index is -0.140. The van der Waals surface area contributed by atoms with Gasteiger partial charge in [0.2, 0.25) is 11.8 Å². The molecule has 2 amide bonds. The first-order valence-corrected chi connectivity index (χ1v) is 11.3. The van der Waals surface area contributed by atoms with Crippen LogP contribution in [0, 0.1) is 11.8 Å². The van der Waals surface area contributed by atoms with Gasteiger partial charge in [-0.25, -0.2) is 0 Å². The summed E-state index contributed by atoms with van der Waals surface area (Å²) in [5, 5.41) is 0. The first-order chi connectivity index (χ1) is 15.2. The van der Waals surface area contributed by atoms with Crippen LogP contribution >= 0.6 is 0 Å². The van der Waals surface area contributed by atoms with E-state index in [0.29, 0.717) is 19.5 Å². The molecule has 0 bridgehead atoms. The molecule has 5 nitrogen and oxygen atoms in total. The summed E-state index contributed by atoms with van der Waals surface area (Å²) in [7, 11) is 0. The predicted octanol–water partition coefficient (Wildman–Crippen LogP) is 3.30. The van der Waals surface area contributed by atoms with Gasteiger partial charge >= 0.3 is 0 Å². The van der Waals surface area contributed by atoms with Crippen LogP contribution in [-0.4, -0.2) is 59.4 Å². The van der Waals surface area contributed by atoms with E-state index in [0.717, 1.165) is 26.2 Å². The molecule has 160 valence electrons. The molecule has 0 unspecified atom stereocenters. The van der Waals surface area contributed by atoms with Crippen LogP contribution in [0.1, 0.15) is 30.0 Å². The minimum absolute atomic E-state index is 0.0215. The summed E-state index contributed by atoms with van der Waals surface area (Å²) in [6.45, 7) is 3.93. The molecular weight excluding hydrogens is 386 g/mol. The first-order valence-electron chi connectivity index (χ1n) is 11.3. The Morgan fingerprint density at radius 3 is 1.68 bits per heavy atom. The van der Waals surface area contributed by atoms with Crippen LogP contribution in [0.25, 0.3) is 0 Å². The minimum Gasteiger partial charge on any atom is -0.290 e. The van der Waals surface area contributed by atoms with Crippen LogP contribution in [0.4, 0.5) is 0 Å². The monoisotopic (exact) mass is 415 g/mol. The molecule has 2 fully saturated rings. The SMILES string of the molecule is O=C1[C@@H]2CC=CC[C@H]2C(=O)N1CN1CCN(C(c2ccccc2)c2ccccc2)CC1. The number of allylic oxidation sites excluding steroid dienone is 2. The quantitative estimate of drug-likeness (QED) is 0.555. The number of piperazine rings is 1. The zero-order valence-corrected chi connectivity index (χ0v) is 17.8. The highest BCUT2D eigenvalue weighted by Gasteiger charge is 2.47. The van der Waals surface area contributed by atoms with Gasteiger partial charge in [-0.3, -0.25) is 24.3 Å². The summed E-state index contributed by atoms with van der Waals surface area (Å²) < 4.78 is 0. The van der Waals surface area contributed by atoms with E-state index in [1.165, 1.54) is 16.0 Å². The van der Waals surface area contributed by atoms with Crippen molar-refractivity contribution < 1.29 is 9.59 Å². The highest BCUT2D eigenvalue weighted by atomic mass is 16.2. The summed E-state index contributed by atoms with van der Waals surface area (Å²) in [5.41, 5.74) is 2.59. The molecule has 1 aliphatic carbocycles. The third-order valence-electron chi connectivity index (χ3n) is 6.94. The second kappa shape index (κ2) is 8.77. The molecule has 0 saturated carbocycles. The van der Waals surface area contributed by atoms with Crippen molar-refractivity contribution >= 4 is 11.8 Å². The van der Waals surface area contributed by atoms with E-state index >= 15 is 0 Å². The molecule has 0 N–H and O–H groups in total. The molecule has 0 aromatic heterocycles. The number of likely N-dealkylation sites (tertiary alicyclic amines) is 1. The molecule has 0 spiro atoms. The number of imide groups is 1. The molecule has 2 heterocycles. The van der Waals surface area contributed by atoms with Crippen molar-refractivity contribution in [1.29, 1.82) is 0 Å². The number of amides is 2. The molecule has 5 rings (SSSR count). The zero-order chi connectivity index (χ0) is 21.2. The van der Waals surface area contributed by atoms with Gasteiger partial charge in [-0.1, -0.05) is 72.8 Å². The summed E-state index contributed by atoms with van der Waals surface area (Å²) >= 11 is 0. The number of fused-ring (bicyclic) bond motifs is 1. The molecule has 31 heavy (non-hydrogen) atoms. The Hall–Kier alpha value is -2.76. The van der Waals surface area contributed by atoms with Crippen LogP contribution in [0.3, 0.4) is 0 Å². The van der Waals surface area contributed by atoms with E-state index in [1.807, 2.05) is 12.2 Å². The largest absolute Gasteiger partial charge is 0.290 e. The summed E-state index contributed by atoms with van der Waals surface area (Å²) in [6, 6.07) is 21.5. The Morgan fingerprint density at radius 1 is 0.710 bits per heavy atom.